The predicted molar refractivity (Wildman–Crippen MR) is 87.6 cm³/mol. The molecular formula is C16H24N4O3. The van der Waals surface area contributed by atoms with Gasteiger partial charge in [-0.25, -0.2) is 4.98 Å². The lowest BCUT2D eigenvalue weighted by atomic mass is 9.97. The summed E-state index contributed by atoms with van der Waals surface area (Å²) in [6.45, 7) is 6.54. The van der Waals surface area contributed by atoms with Crippen molar-refractivity contribution in [3.05, 3.63) is 27.9 Å². The Hall–Kier alpha value is -1.73. The number of aliphatic hydroxyl groups excluding tert-OH is 1. The molecule has 0 aliphatic carbocycles. The fourth-order valence-electron chi connectivity index (χ4n) is 3.73. The second kappa shape index (κ2) is 6.80. The van der Waals surface area contributed by atoms with Gasteiger partial charge in [-0.2, -0.15) is 0 Å². The number of nitrogens with zero attached hydrogens (tertiary/aromatic N) is 4. The number of aryl methyl sites for hydroxylation is 1. The van der Waals surface area contributed by atoms with Crippen molar-refractivity contribution in [3.63, 3.8) is 0 Å². The van der Waals surface area contributed by atoms with E-state index in [1.54, 1.807) is 6.07 Å². The smallest absolute Gasteiger partial charge is 0.287 e. The number of β-amino-alcohol motifs (C(OH)–C–C–N with tert-alkyl or cyclic N) is 1. The summed E-state index contributed by atoms with van der Waals surface area (Å²) in [5.41, 5.74) is 0.905. The molecule has 7 nitrogen and oxygen atoms in total. The Labute approximate surface area is 136 Å². The van der Waals surface area contributed by atoms with Crippen LogP contribution in [0, 0.1) is 23.0 Å². The number of likely N-dealkylation sites (tertiary alicyclic amines) is 1. The Morgan fingerprint density at radius 3 is 2.87 bits per heavy atom. The molecule has 0 aromatic carbocycles. The molecule has 1 aromatic heterocycles. The molecule has 7 heteroatoms. The van der Waals surface area contributed by atoms with Crippen LogP contribution >= 0.6 is 0 Å². The van der Waals surface area contributed by atoms with E-state index in [1.165, 1.54) is 12.6 Å². The molecule has 126 valence electrons. The van der Waals surface area contributed by atoms with Gasteiger partial charge in [0.25, 0.3) is 5.69 Å². The molecule has 1 aromatic rings. The summed E-state index contributed by atoms with van der Waals surface area (Å²) in [6.07, 6.45) is 4.35. The van der Waals surface area contributed by atoms with E-state index < -0.39 is 4.92 Å². The summed E-state index contributed by atoms with van der Waals surface area (Å²) in [7, 11) is 0. The number of aromatic nitrogens is 1. The molecule has 1 N–H and O–H groups in total. The molecule has 0 bridgehead atoms. The first-order chi connectivity index (χ1) is 11.0. The third-order valence-electron chi connectivity index (χ3n) is 4.83. The maximum Gasteiger partial charge on any atom is 0.287 e. The minimum Gasteiger partial charge on any atom is -0.392 e. The normalized spacial score (nSPS) is 25.7. The number of nitro groups is 1. The molecule has 23 heavy (non-hydrogen) atoms. The van der Waals surface area contributed by atoms with E-state index in [9.17, 15) is 15.2 Å². The van der Waals surface area contributed by atoms with E-state index >= 15 is 0 Å². The van der Waals surface area contributed by atoms with Crippen LogP contribution < -0.4 is 4.90 Å². The van der Waals surface area contributed by atoms with E-state index in [4.69, 9.17) is 0 Å². The highest BCUT2D eigenvalue weighted by atomic mass is 16.6. The predicted octanol–water partition coefficient (Wildman–Crippen LogP) is 1.58. The number of hydrogen-bond acceptors (Lipinski definition) is 6. The van der Waals surface area contributed by atoms with Gasteiger partial charge in [-0.3, -0.25) is 10.1 Å². The Morgan fingerprint density at radius 2 is 2.22 bits per heavy atom. The minimum atomic E-state index is -0.401. The van der Waals surface area contributed by atoms with E-state index in [1.807, 2.05) is 6.92 Å². The third-order valence-corrected chi connectivity index (χ3v) is 4.83. The molecule has 3 rings (SSSR count). The molecule has 0 radical (unpaired) electrons. The summed E-state index contributed by atoms with van der Waals surface area (Å²) < 4.78 is 0. The van der Waals surface area contributed by atoms with Gasteiger partial charge in [0.2, 0.25) is 0 Å². The van der Waals surface area contributed by atoms with Crippen molar-refractivity contribution < 1.29 is 10.0 Å². The standard InChI is InChI=1S/C16H24N4O3/c1-12-7-14(20(22)23)8-17-16(12)19-5-2-3-13(10-19)9-18-6-4-15(21)11-18/h7-8,13,15,21H,2-6,9-11H2,1H3/t13-,15-/m0/s1. The topological polar surface area (TPSA) is 82.7 Å². The second-order valence-electron chi connectivity index (χ2n) is 6.75. The Kier molecular flexibility index (Phi) is 4.77. The van der Waals surface area contributed by atoms with Gasteiger partial charge in [-0.05, 0) is 37.7 Å². The first-order valence-electron chi connectivity index (χ1n) is 8.29. The molecule has 0 amide bonds. The molecule has 2 fully saturated rings. The van der Waals surface area contributed by atoms with Gasteiger partial charge < -0.3 is 14.9 Å². The molecule has 0 spiro atoms. The number of aliphatic hydroxyl groups is 1. The van der Waals surface area contributed by atoms with E-state index in [0.29, 0.717) is 5.92 Å². The SMILES string of the molecule is Cc1cc([N+](=O)[O-])cnc1N1CCC[C@@H](CN2CC[C@H](O)C2)C1. The lowest BCUT2D eigenvalue weighted by molar-refractivity contribution is -0.385. The first kappa shape index (κ1) is 16.1. The van der Waals surface area contributed by atoms with Crippen molar-refractivity contribution in [2.45, 2.75) is 32.3 Å². The number of rotatable bonds is 4. The number of anilines is 1. The van der Waals surface area contributed by atoms with Crippen LogP contribution in [0.15, 0.2) is 12.3 Å². The number of piperidine rings is 1. The molecule has 2 saturated heterocycles. The highest BCUT2D eigenvalue weighted by molar-refractivity contribution is 5.50. The Morgan fingerprint density at radius 1 is 1.39 bits per heavy atom. The van der Waals surface area contributed by atoms with E-state index in [-0.39, 0.29) is 11.8 Å². The summed E-state index contributed by atoms with van der Waals surface area (Å²) >= 11 is 0. The molecule has 0 unspecified atom stereocenters. The zero-order valence-electron chi connectivity index (χ0n) is 13.5. The van der Waals surface area contributed by atoms with Crippen molar-refractivity contribution in [2.75, 3.05) is 37.6 Å². The van der Waals surface area contributed by atoms with Gasteiger partial charge in [-0.1, -0.05) is 0 Å². The average molecular weight is 320 g/mol. The average Bonchev–Trinajstić information content (AvgIpc) is 2.92. The summed E-state index contributed by atoms with van der Waals surface area (Å²) in [5, 5.41) is 20.5. The second-order valence-corrected chi connectivity index (χ2v) is 6.75. The third kappa shape index (κ3) is 3.79. The Balaban J connectivity index is 1.65. The van der Waals surface area contributed by atoms with Crippen molar-refractivity contribution >= 4 is 11.5 Å². The van der Waals surface area contributed by atoms with Crippen LogP contribution in [-0.4, -0.2) is 58.7 Å². The van der Waals surface area contributed by atoms with Crippen LogP contribution in [0.1, 0.15) is 24.8 Å². The quantitative estimate of drug-likeness (QED) is 0.670. The Bertz CT molecular complexity index is 580. The zero-order valence-corrected chi connectivity index (χ0v) is 13.5. The van der Waals surface area contributed by atoms with E-state index in [2.05, 4.69) is 14.8 Å². The lowest BCUT2D eigenvalue weighted by Gasteiger charge is -2.36. The molecule has 2 aliphatic heterocycles. The van der Waals surface area contributed by atoms with Gasteiger partial charge in [0.05, 0.1) is 11.0 Å². The molecule has 2 aliphatic rings. The molecular weight excluding hydrogens is 296 g/mol. The largest absolute Gasteiger partial charge is 0.392 e. The van der Waals surface area contributed by atoms with Gasteiger partial charge in [0, 0.05) is 38.8 Å². The zero-order chi connectivity index (χ0) is 16.4. The van der Waals surface area contributed by atoms with Crippen LogP contribution in [0.25, 0.3) is 0 Å². The number of hydrogen-bond donors (Lipinski definition) is 1. The molecule has 3 heterocycles. The highest BCUT2D eigenvalue weighted by Crippen LogP contribution is 2.27. The van der Waals surface area contributed by atoms with Crippen LogP contribution in [0.3, 0.4) is 0 Å². The summed E-state index contributed by atoms with van der Waals surface area (Å²) in [5.74, 6) is 1.42. The fourth-order valence-corrected chi connectivity index (χ4v) is 3.73. The highest BCUT2D eigenvalue weighted by Gasteiger charge is 2.27. The van der Waals surface area contributed by atoms with Crippen LogP contribution in [0.4, 0.5) is 11.5 Å². The molecule has 0 saturated carbocycles. The van der Waals surface area contributed by atoms with Crippen LogP contribution in [0.5, 0.6) is 0 Å². The maximum absolute atomic E-state index is 10.8. The van der Waals surface area contributed by atoms with E-state index in [0.717, 1.165) is 56.9 Å². The fraction of sp³-hybridized carbons (Fsp3) is 0.688. The van der Waals surface area contributed by atoms with Gasteiger partial charge in [0.15, 0.2) is 0 Å². The lowest BCUT2D eigenvalue weighted by Crippen LogP contribution is -2.41. The van der Waals surface area contributed by atoms with Gasteiger partial charge in [-0.15, -0.1) is 0 Å². The van der Waals surface area contributed by atoms with Crippen molar-refractivity contribution in [1.29, 1.82) is 0 Å². The van der Waals surface area contributed by atoms with Crippen molar-refractivity contribution in [2.24, 2.45) is 5.92 Å². The summed E-state index contributed by atoms with van der Waals surface area (Å²) in [4.78, 5) is 19.4. The monoisotopic (exact) mass is 320 g/mol. The first-order valence-corrected chi connectivity index (χ1v) is 8.29. The van der Waals surface area contributed by atoms with Gasteiger partial charge in [0.1, 0.15) is 12.0 Å². The number of pyridine rings is 1. The van der Waals surface area contributed by atoms with Crippen molar-refractivity contribution in [1.82, 2.24) is 9.88 Å². The van der Waals surface area contributed by atoms with Gasteiger partial charge >= 0.3 is 0 Å². The summed E-state index contributed by atoms with van der Waals surface area (Å²) in [6, 6.07) is 1.60. The van der Waals surface area contributed by atoms with Crippen LogP contribution in [-0.2, 0) is 0 Å². The maximum atomic E-state index is 10.8. The van der Waals surface area contributed by atoms with Crippen LogP contribution in [0.2, 0.25) is 0 Å². The molecule has 2 atom stereocenters. The van der Waals surface area contributed by atoms with Crippen molar-refractivity contribution in [3.8, 4) is 0 Å². The minimum absolute atomic E-state index is 0.0471.